The Bertz CT molecular complexity index is 1060. The molecular weight excluding hydrogens is 403 g/mol. The topological polar surface area (TPSA) is 45.2 Å². The van der Waals surface area contributed by atoms with Gasteiger partial charge in [0.25, 0.3) is 5.91 Å². The van der Waals surface area contributed by atoms with Gasteiger partial charge in [-0.2, -0.15) is 0 Å². The first-order chi connectivity index (χ1) is 15.0. The summed E-state index contributed by atoms with van der Waals surface area (Å²) in [5.41, 5.74) is 2.01. The molecule has 4 nitrogen and oxygen atoms in total. The predicted molar refractivity (Wildman–Crippen MR) is 112 cm³/mol. The van der Waals surface area contributed by atoms with Crippen LogP contribution in [-0.4, -0.2) is 34.9 Å². The molecule has 2 heterocycles. The van der Waals surface area contributed by atoms with Gasteiger partial charge in [-0.1, -0.05) is 12.1 Å². The Morgan fingerprint density at radius 3 is 2.48 bits per heavy atom. The van der Waals surface area contributed by atoms with Crippen LogP contribution in [-0.2, 0) is 6.54 Å². The van der Waals surface area contributed by atoms with Gasteiger partial charge in [-0.15, -0.1) is 0 Å². The van der Waals surface area contributed by atoms with Crippen LogP contribution >= 0.6 is 0 Å². The number of carbonyl (C=O) groups is 1. The lowest BCUT2D eigenvalue weighted by atomic mass is 10.0. The van der Waals surface area contributed by atoms with Crippen molar-refractivity contribution in [2.45, 2.75) is 25.4 Å². The van der Waals surface area contributed by atoms with Crippen molar-refractivity contribution in [3.05, 3.63) is 89.4 Å². The Morgan fingerprint density at radius 2 is 1.77 bits per heavy atom. The van der Waals surface area contributed by atoms with E-state index in [0.29, 0.717) is 42.0 Å². The number of nitrogens with one attached hydrogen (secondary N) is 1. The first-order valence-electron chi connectivity index (χ1n) is 10.2. The number of nitrogens with zero attached hydrogens (tertiary/aromatic N) is 2. The van der Waals surface area contributed by atoms with E-state index in [4.69, 9.17) is 0 Å². The van der Waals surface area contributed by atoms with Crippen molar-refractivity contribution in [1.82, 2.24) is 15.2 Å². The molecule has 1 N–H and O–H groups in total. The van der Waals surface area contributed by atoms with Gasteiger partial charge in [-0.25, -0.2) is 13.2 Å². The number of hydrogen-bond donors (Lipinski definition) is 1. The van der Waals surface area contributed by atoms with Crippen LogP contribution in [0.15, 0.2) is 60.8 Å². The lowest BCUT2D eigenvalue weighted by molar-refractivity contribution is 0.0908. The fourth-order valence-corrected chi connectivity index (χ4v) is 3.76. The van der Waals surface area contributed by atoms with Gasteiger partial charge in [0.1, 0.15) is 17.5 Å². The Morgan fingerprint density at radius 1 is 1.00 bits per heavy atom. The zero-order chi connectivity index (χ0) is 21.8. The highest BCUT2D eigenvalue weighted by Crippen LogP contribution is 2.19. The van der Waals surface area contributed by atoms with Gasteiger partial charge >= 0.3 is 0 Å². The maximum atomic E-state index is 13.8. The van der Waals surface area contributed by atoms with Gasteiger partial charge in [0.05, 0.1) is 11.3 Å². The summed E-state index contributed by atoms with van der Waals surface area (Å²) < 4.78 is 40.6. The van der Waals surface area contributed by atoms with Crippen LogP contribution in [0, 0.1) is 17.5 Å². The molecule has 1 aliphatic heterocycles. The van der Waals surface area contributed by atoms with Crippen molar-refractivity contribution < 1.29 is 18.0 Å². The Balaban J connectivity index is 1.30. The van der Waals surface area contributed by atoms with E-state index in [9.17, 15) is 18.0 Å². The first kappa shape index (κ1) is 21.1. The minimum Gasteiger partial charge on any atom is -0.349 e. The van der Waals surface area contributed by atoms with Gasteiger partial charge < -0.3 is 5.32 Å². The van der Waals surface area contributed by atoms with Crippen LogP contribution in [0.4, 0.5) is 13.2 Å². The van der Waals surface area contributed by atoms with Crippen LogP contribution in [0.5, 0.6) is 0 Å². The Kier molecular flexibility index (Phi) is 6.32. The number of piperidine rings is 1. The second kappa shape index (κ2) is 9.31. The van der Waals surface area contributed by atoms with Crippen LogP contribution in [0.1, 0.15) is 28.8 Å². The average Bonchev–Trinajstić information content (AvgIpc) is 2.78. The number of likely N-dealkylation sites (tertiary alicyclic amines) is 1. The molecule has 7 heteroatoms. The molecule has 0 unspecified atom stereocenters. The molecule has 3 aromatic rings. The Labute approximate surface area is 178 Å². The van der Waals surface area contributed by atoms with E-state index < -0.39 is 11.6 Å². The summed E-state index contributed by atoms with van der Waals surface area (Å²) in [5, 5.41) is 3.01. The summed E-state index contributed by atoms with van der Waals surface area (Å²) in [6.07, 6.45) is 2.92. The molecule has 1 fully saturated rings. The maximum Gasteiger partial charge on any atom is 0.253 e. The van der Waals surface area contributed by atoms with Crippen molar-refractivity contribution in [3.63, 3.8) is 0 Å². The fourth-order valence-electron chi connectivity index (χ4n) is 3.76. The minimum absolute atomic E-state index is 0.00371. The van der Waals surface area contributed by atoms with Crippen LogP contribution in [0.3, 0.4) is 0 Å². The highest BCUT2D eigenvalue weighted by Gasteiger charge is 2.22. The maximum absolute atomic E-state index is 13.8. The highest BCUT2D eigenvalue weighted by molar-refractivity contribution is 5.94. The first-order valence-corrected chi connectivity index (χ1v) is 10.2. The molecule has 0 spiro atoms. The number of benzene rings is 2. The van der Waals surface area contributed by atoms with Gasteiger partial charge in [-0.05, 0) is 55.3 Å². The van der Waals surface area contributed by atoms with Gasteiger partial charge in [0.2, 0.25) is 0 Å². The van der Waals surface area contributed by atoms with Gasteiger partial charge in [0, 0.05) is 43.0 Å². The highest BCUT2D eigenvalue weighted by atomic mass is 19.1. The molecule has 0 radical (unpaired) electrons. The Hall–Kier alpha value is -3.19. The average molecular weight is 425 g/mol. The molecule has 0 bridgehead atoms. The monoisotopic (exact) mass is 425 g/mol. The standard InChI is InChI=1S/C24H22F3N3O/c25-19-3-1-2-16(12-19)23-7-4-17(14-28-23)24(31)29-21-8-10-30(11-9-21)15-18-13-20(26)5-6-22(18)27/h1-7,12-14,21H,8-11,15H2,(H,29,31). The number of amides is 1. The molecule has 1 amide bonds. The third kappa shape index (κ3) is 5.30. The number of aromatic nitrogens is 1. The normalized spacial score (nSPS) is 15.1. The van der Waals surface area contributed by atoms with Crippen LogP contribution in [0.2, 0.25) is 0 Å². The molecule has 0 saturated carbocycles. The third-order valence-electron chi connectivity index (χ3n) is 5.47. The van der Waals surface area contributed by atoms with Crippen LogP contribution in [0.25, 0.3) is 11.3 Å². The summed E-state index contributed by atoms with van der Waals surface area (Å²) in [6.45, 7) is 1.70. The molecule has 0 atom stereocenters. The molecule has 1 aliphatic rings. The lowest BCUT2D eigenvalue weighted by Gasteiger charge is -2.32. The van der Waals surface area contributed by atoms with Crippen LogP contribution < -0.4 is 5.32 Å². The van der Waals surface area contributed by atoms with Crippen molar-refractivity contribution in [2.75, 3.05) is 13.1 Å². The molecule has 4 rings (SSSR count). The minimum atomic E-state index is -0.449. The smallest absolute Gasteiger partial charge is 0.253 e. The van der Waals surface area contributed by atoms with E-state index >= 15 is 0 Å². The summed E-state index contributed by atoms with van der Waals surface area (Å²) in [7, 11) is 0. The summed E-state index contributed by atoms with van der Waals surface area (Å²) in [4.78, 5) is 18.9. The number of hydrogen-bond acceptors (Lipinski definition) is 3. The lowest BCUT2D eigenvalue weighted by Crippen LogP contribution is -2.44. The van der Waals surface area contributed by atoms with Gasteiger partial charge in [-0.3, -0.25) is 14.7 Å². The van der Waals surface area contributed by atoms with Crippen molar-refractivity contribution in [2.24, 2.45) is 0 Å². The molecule has 0 aliphatic carbocycles. The molecule has 31 heavy (non-hydrogen) atoms. The van der Waals surface area contributed by atoms with Crippen molar-refractivity contribution in [3.8, 4) is 11.3 Å². The number of pyridine rings is 1. The van der Waals surface area contributed by atoms with Crippen molar-refractivity contribution in [1.29, 1.82) is 0 Å². The van der Waals surface area contributed by atoms with E-state index in [1.54, 1.807) is 24.3 Å². The predicted octanol–water partition coefficient (Wildman–Crippen LogP) is 4.56. The number of halogens is 3. The largest absolute Gasteiger partial charge is 0.349 e. The molecular formula is C24H22F3N3O. The van der Waals surface area contributed by atoms with Gasteiger partial charge in [0.15, 0.2) is 0 Å². The van der Waals surface area contributed by atoms with Crippen molar-refractivity contribution >= 4 is 5.91 Å². The van der Waals surface area contributed by atoms with E-state index in [1.807, 2.05) is 0 Å². The zero-order valence-corrected chi connectivity index (χ0v) is 16.8. The summed E-state index contributed by atoms with van der Waals surface area (Å²) >= 11 is 0. The molecule has 160 valence electrons. The molecule has 1 saturated heterocycles. The van der Waals surface area contributed by atoms with E-state index in [1.165, 1.54) is 24.4 Å². The SMILES string of the molecule is O=C(NC1CCN(Cc2cc(F)ccc2F)CC1)c1ccc(-c2cccc(F)c2)nc1. The molecule has 1 aromatic heterocycles. The van der Waals surface area contributed by atoms with E-state index in [0.717, 1.165) is 25.0 Å². The van der Waals surface area contributed by atoms with E-state index in [-0.39, 0.29) is 17.8 Å². The fraction of sp³-hybridized carbons (Fsp3) is 0.250. The quantitative estimate of drug-likeness (QED) is 0.652. The van der Waals surface area contributed by atoms with E-state index in [2.05, 4.69) is 15.2 Å². The number of carbonyl (C=O) groups excluding carboxylic acids is 1. The number of rotatable bonds is 5. The zero-order valence-electron chi connectivity index (χ0n) is 16.8. The summed E-state index contributed by atoms with van der Waals surface area (Å²) in [6, 6.07) is 13.0. The second-order valence-electron chi connectivity index (χ2n) is 7.70. The second-order valence-corrected chi connectivity index (χ2v) is 7.70. The molecule has 2 aromatic carbocycles. The summed E-state index contributed by atoms with van der Waals surface area (Å²) in [5.74, 6) is -1.41. The third-order valence-corrected chi connectivity index (χ3v) is 5.47.